The molecular formula is C22H22N2O4S. The number of methoxy groups -OCH3 is 1. The van der Waals surface area contributed by atoms with Gasteiger partial charge in [-0.2, -0.15) is 5.10 Å². The van der Waals surface area contributed by atoms with Crippen LogP contribution in [0.1, 0.15) is 27.7 Å². The van der Waals surface area contributed by atoms with Crippen LogP contribution in [-0.4, -0.2) is 25.8 Å². The number of hydrogen-bond donors (Lipinski definition) is 1. The van der Waals surface area contributed by atoms with E-state index in [0.29, 0.717) is 36.0 Å². The van der Waals surface area contributed by atoms with Gasteiger partial charge in [0.25, 0.3) is 5.91 Å². The van der Waals surface area contributed by atoms with Crippen LogP contribution in [0.25, 0.3) is 0 Å². The Kier molecular flexibility index (Phi) is 7.24. The SMILES string of the molecule is CCOc1cc(/C=N\NC(=O)c2ccc(OC)cc2)ccc1OCc1cccs1. The van der Waals surface area contributed by atoms with E-state index < -0.39 is 0 Å². The van der Waals surface area contributed by atoms with Crippen molar-refractivity contribution >= 4 is 23.5 Å². The maximum atomic E-state index is 12.1. The number of hydrazone groups is 1. The summed E-state index contributed by atoms with van der Waals surface area (Å²) in [6.45, 7) is 2.92. The molecule has 0 saturated heterocycles. The van der Waals surface area contributed by atoms with Gasteiger partial charge in [0.2, 0.25) is 0 Å². The van der Waals surface area contributed by atoms with Crippen LogP contribution in [0.3, 0.4) is 0 Å². The molecule has 0 fully saturated rings. The average molecular weight is 410 g/mol. The summed E-state index contributed by atoms with van der Waals surface area (Å²) in [5.41, 5.74) is 3.79. The molecule has 0 aliphatic carbocycles. The lowest BCUT2D eigenvalue weighted by atomic mass is 10.2. The average Bonchev–Trinajstić information content (AvgIpc) is 3.27. The van der Waals surface area contributed by atoms with Crippen molar-refractivity contribution in [1.29, 1.82) is 0 Å². The van der Waals surface area contributed by atoms with Crippen molar-refractivity contribution in [3.05, 3.63) is 76.0 Å². The van der Waals surface area contributed by atoms with Crippen LogP contribution in [0.2, 0.25) is 0 Å². The Morgan fingerprint density at radius 2 is 1.93 bits per heavy atom. The molecule has 3 aromatic rings. The lowest BCUT2D eigenvalue weighted by Gasteiger charge is -2.12. The highest BCUT2D eigenvalue weighted by Gasteiger charge is 2.08. The van der Waals surface area contributed by atoms with Crippen LogP contribution < -0.4 is 19.6 Å². The topological polar surface area (TPSA) is 69.2 Å². The van der Waals surface area contributed by atoms with E-state index in [0.717, 1.165) is 10.4 Å². The molecule has 29 heavy (non-hydrogen) atoms. The smallest absolute Gasteiger partial charge is 0.271 e. The molecule has 0 bridgehead atoms. The number of amides is 1. The molecular weight excluding hydrogens is 388 g/mol. The monoisotopic (exact) mass is 410 g/mol. The molecule has 0 spiro atoms. The maximum absolute atomic E-state index is 12.1. The van der Waals surface area contributed by atoms with Gasteiger partial charge >= 0.3 is 0 Å². The van der Waals surface area contributed by atoms with Crippen molar-refractivity contribution in [1.82, 2.24) is 5.43 Å². The number of carbonyl (C=O) groups is 1. The second kappa shape index (κ2) is 10.3. The van der Waals surface area contributed by atoms with E-state index in [9.17, 15) is 4.79 Å². The summed E-state index contributed by atoms with van der Waals surface area (Å²) in [4.78, 5) is 13.3. The molecule has 0 aliphatic rings. The molecule has 2 aromatic carbocycles. The molecule has 1 heterocycles. The lowest BCUT2D eigenvalue weighted by Crippen LogP contribution is -2.17. The zero-order chi connectivity index (χ0) is 20.5. The number of thiophene rings is 1. The van der Waals surface area contributed by atoms with E-state index >= 15 is 0 Å². The molecule has 0 unspecified atom stereocenters. The predicted octanol–water partition coefficient (Wildman–Crippen LogP) is 4.50. The van der Waals surface area contributed by atoms with Crippen LogP contribution in [0.15, 0.2) is 65.1 Å². The van der Waals surface area contributed by atoms with E-state index in [1.165, 1.54) is 0 Å². The lowest BCUT2D eigenvalue weighted by molar-refractivity contribution is 0.0955. The second-order valence-corrected chi connectivity index (χ2v) is 6.97. The van der Waals surface area contributed by atoms with Crippen molar-refractivity contribution in [3.63, 3.8) is 0 Å². The van der Waals surface area contributed by atoms with Gasteiger partial charge in [-0.1, -0.05) is 6.07 Å². The van der Waals surface area contributed by atoms with Gasteiger partial charge in [-0.05, 0) is 66.4 Å². The third-order valence-corrected chi connectivity index (χ3v) is 4.80. The number of carbonyl (C=O) groups excluding carboxylic acids is 1. The zero-order valence-electron chi connectivity index (χ0n) is 16.3. The minimum absolute atomic E-state index is 0.301. The summed E-state index contributed by atoms with van der Waals surface area (Å²) in [6, 6.07) is 16.3. The Balaban J connectivity index is 1.63. The number of benzene rings is 2. The number of rotatable bonds is 9. The molecule has 7 heteroatoms. The van der Waals surface area contributed by atoms with Crippen LogP contribution >= 0.6 is 11.3 Å². The summed E-state index contributed by atoms with van der Waals surface area (Å²) in [7, 11) is 1.58. The molecule has 6 nitrogen and oxygen atoms in total. The van der Waals surface area contributed by atoms with Gasteiger partial charge < -0.3 is 14.2 Å². The highest BCUT2D eigenvalue weighted by molar-refractivity contribution is 7.09. The fraction of sp³-hybridized carbons (Fsp3) is 0.182. The largest absolute Gasteiger partial charge is 0.497 e. The van der Waals surface area contributed by atoms with E-state index in [4.69, 9.17) is 14.2 Å². The van der Waals surface area contributed by atoms with Gasteiger partial charge in [0.05, 0.1) is 19.9 Å². The first-order valence-electron chi connectivity index (χ1n) is 9.09. The van der Waals surface area contributed by atoms with Crippen molar-refractivity contribution in [2.75, 3.05) is 13.7 Å². The van der Waals surface area contributed by atoms with Gasteiger partial charge in [0.15, 0.2) is 11.5 Å². The molecule has 1 N–H and O–H groups in total. The normalized spacial score (nSPS) is 10.7. The predicted molar refractivity (Wildman–Crippen MR) is 114 cm³/mol. The maximum Gasteiger partial charge on any atom is 0.271 e. The van der Waals surface area contributed by atoms with E-state index in [1.807, 2.05) is 42.6 Å². The summed E-state index contributed by atoms with van der Waals surface area (Å²) in [5.74, 6) is 1.69. The Hall–Kier alpha value is -3.32. The van der Waals surface area contributed by atoms with Crippen LogP contribution in [0, 0.1) is 0 Å². The van der Waals surface area contributed by atoms with Gasteiger partial charge in [0, 0.05) is 10.4 Å². The number of nitrogens with one attached hydrogen (secondary N) is 1. The van der Waals surface area contributed by atoms with Crippen LogP contribution in [-0.2, 0) is 6.61 Å². The van der Waals surface area contributed by atoms with Crippen molar-refractivity contribution in [2.45, 2.75) is 13.5 Å². The fourth-order valence-corrected chi connectivity index (χ4v) is 3.12. The highest BCUT2D eigenvalue weighted by Crippen LogP contribution is 2.29. The minimum Gasteiger partial charge on any atom is -0.497 e. The molecule has 3 rings (SSSR count). The van der Waals surface area contributed by atoms with Gasteiger partial charge in [0.1, 0.15) is 12.4 Å². The van der Waals surface area contributed by atoms with E-state index in [1.54, 1.807) is 48.9 Å². The zero-order valence-corrected chi connectivity index (χ0v) is 17.1. The van der Waals surface area contributed by atoms with Gasteiger partial charge in [-0.15, -0.1) is 11.3 Å². The summed E-state index contributed by atoms with van der Waals surface area (Å²) in [6.07, 6.45) is 1.56. The fourth-order valence-electron chi connectivity index (χ4n) is 2.51. The number of nitrogens with zero attached hydrogens (tertiary/aromatic N) is 1. The van der Waals surface area contributed by atoms with Crippen LogP contribution in [0.4, 0.5) is 0 Å². The number of hydrogen-bond acceptors (Lipinski definition) is 6. The molecule has 150 valence electrons. The Morgan fingerprint density at radius 1 is 1.10 bits per heavy atom. The summed E-state index contributed by atoms with van der Waals surface area (Å²) >= 11 is 1.64. The molecule has 0 atom stereocenters. The molecule has 1 aromatic heterocycles. The number of ether oxygens (including phenoxy) is 3. The molecule has 0 radical (unpaired) electrons. The third-order valence-electron chi connectivity index (χ3n) is 3.95. The molecule has 0 saturated carbocycles. The molecule has 0 aliphatic heterocycles. The minimum atomic E-state index is -0.301. The summed E-state index contributed by atoms with van der Waals surface area (Å²) < 4.78 is 16.6. The Morgan fingerprint density at radius 3 is 2.62 bits per heavy atom. The first kappa shape index (κ1) is 20.4. The standard InChI is InChI=1S/C22H22N2O4S/c1-3-27-21-13-16(6-11-20(21)28-15-19-5-4-12-29-19)14-23-24-22(25)17-7-9-18(26-2)10-8-17/h4-14H,3,15H2,1-2H3,(H,24,25)/b23-14-. The van der Waals surface area contributed by atoms with Crippen molar-refractivity contribution < 1.29 is 19.0 Å². The molecule has 1 amide bonds. The quantitative estimate of drug-likeness (QED) is 0.417. The first-order chi connectivity index (χ1) is 14.2. The van der Waals surface area contributed by atoms with E-state index in [-0.39, 0.29) is 5.91 Å². The van der Waals surface area contributed by atoms with Crippen LogP contribution in [0.5, 0.6) is 17.2 Å². The van der Waals surface area contributed by atoms with Gasteiger partial charge in [-0.3, -0.25) is 4.79 Å². The highest BCUT2D eigenvalue weighted by atomic mass is 32.1. The summed E-state index contributed by atoms with van der Waals surface area (Å²) in [5, 5.41) is 6.04. The Bertz CT molecular complexity index is 953. The van der Waals surface area contributed by atoms with E-state index in [2.05, 4.69) is 10.5 Å². The van der Waals surface area contributed by atoms with Crippen molar-refractivity contribution in [3.8, 4) is 17.2 Å². The second-order valence-electron chi connectivity index (χ2n) is 5.93. The first-order valence-corrected chi connectivity index (χ1v) is 9.97. The third kappa shape index (κ3) is 5.83. The van der Waals surface area contributed by atoms with Gasteiger partial charge in [-0.25, -0.2) is 5.43 Å². The Labute approximate surface area is 173 Å². The van der Waals surface area contributed by atoms with Crippen molar-refractivity contribution in [2.24, 2.45) is 5.10 Å².